The van der Waals surface area contributed by atoms with Crippen LogP contribution in [0.4, 0.5) is 0 Å². The third-order valence-electron chi connectivity index (χ3n) is 4.88. The molecular weight excluding hydrogens is 376 g/mol. The van der Waals surface area contributed by atoms with Crippen LogP contribution < -0.4 is 4.74 Å². The minimum absolute atomic E-state index is 0.0592. The zero-order valence-corrected chi connectivity index (χ0v) is 17.1. The monoisotopic (exact) mass is 404 g/mol. The highest BCUT2D eigenvalue weighted by Crippen LogP contribution is 2.33. The van der Waals surface area contributed by atoms with Gasteiger partial charge in [0.2, 0.25) is 0 Å². The van der Waals surface area contributed by atoms with E-state index in [1.165, 1.54) is 13.2 Å². The number of hydrogen-bond donors (Lipinski definition) is 2. The molecule has 0 spiro atoms. The second-order valence-electron chi connectivity index (χ2n) is 7.76. The molecule has 29 heavy (non-hydrogen) atoms. The van der Waals surface area contributed by atoms with Crippen molar-refractivity contribution in [2.24, 2.45) is 0 Å². The molecule has 1 aromatic rings. The summed E-state index contributed by atoms with van der Waals surface area (Å²) in [4.78, 5) is 12.7. The summed E-state index contributed by atoms with van der Waals surface area (Å²) in [5.74, 6) is -1.24. The molecule has 0 saturated carbocycles. The molecule has 0 bridgehead atoms. The molecule has 2 N–H and O–H groups in total. The number of benzene rings is 1. The van der Waals surface area contributed by atoms with Crippen LogP contribution >= 0.6 is 0 Å². The molecule has 0 aromatic heterocycles. The number of carbonyl (C=O) groups excluding carboxylic acids is 1. The Kier molecular flexibility index (Phi) is 6.31. The SMILES string of the molecule is COc1cc(O)c2c(c1)/C=C/C[C@@H](O)[C@H]1OC(C)(C)O[C@@H]1/C=C/C[C@H](C)OC2=O. The maximum Gasteiger partial charge on any atom is 0.342 e. The van der Waals surface area contributed by atoms with E-state index in [-0.39, 0.29) is 17.7 Å². The zero-order chi connectivity index (χ0) is 21.2. The van der Waals surface area contributed by atoms with Crippen LogP contribution in [-0.4, -0.2) is 53.5 Å². The second kappa shape index (κ2) is 8.57. The highest BCUT2D eigenvalue weighted by molar-refractivity contribution is 5.97. The normalized spacial score (nSPS) is 31.7. The first-order valence-corrected chi connectivity index (χ1v) is 9.69. The Labute approximate surface area is 170 Å². The summed E-state index contributed by atoms with van der Waals surface area (Å²) in [5.41, 5.74) is 0.503. The molecule has 2 aliphatic rings. The number of cyclic esters (lactones) is 1. The third-order valence-corrected chi connectivity index (χ3v) is 4.88. The lowest BCUT2D eigenvalue weighted by Gasteiger charge is -2.21. The number of rotatable bonds is 1. The fourth-order valence-electron chi connectivity index (χ4n) is 3.52. The fourth-order valence-corrected chi connectivity index (χ4v) is 3.52. The first-order valence-electron chi connectivity index (χ1n) is 9.69. The number of carbonyl (C=O) groups is 1. The minimum Gasteiger partial charge on any atom is -0.507 e. The van der Waals surface area contributed by atoms with Gasteiger partial charge in [-0.2, -0.15) is 0 Å². The molecule has 0 radical (unpaired) electrons. The van der Waals surface area contributed by atoms with Gasteiger partial charge in [0.1, 0.15) is 35.4 Å². The lowest BCUT2D eigenvalue weighted by atomic mass is 10.0. The van der Waals surface area contributed by atoms with E-state index in [0.29, 0.717) is 17.7 Å². The van der Waals surface area contributed by atoms with Crippen LogP contribution in [0.15, 0.2) is 30.4 Å². The summed E-state index contributed by atoms with van der Waals surface area (Å²) >= 11 is 0. The molecule has 0 unspecified atom stereocenters. The van der Waals surface area contributed by atoms with Gasteiger partial charge in [-0.3, -0.25) is 0 Å². The Balaban J connectivity index is 1.97. The van der Waals surface area contributed by atoms with Gasteiger partial charge >= 0.3 is 5.97 Å². The van der Waals surface area contributed by atoms with Gasteiger partial charge in [0, 0.05) is 12.5 Å². The number of ether oxygens (including phenoxy) is 4. The predicted molar refractivity (Wildman–Crippen MR) is 107 cm³/mol. The Hall–Kier alpha value is -2.35. The summed E-state index contributed by atoms with van der Waals surface area (Å²) in [5, 5.41) is 21.0. The van der Waals surface area contributed by atoms with E-state index in [0.717, 1.165) is 0 Å². The zero-order valence-electron chi connectivity index (χ0n) is 17.1. The smallest absolute Gasteiger partial charge is 0.342 e. The van der Waals surface area contributed by atoms with Crippen LogP contribution in [0.25, 0.3) is 6.08 Å². The fraction of sp³-hybridized carbons (Fsp3) is 0.500. The van der Waals surface area contributed by atoms with Crippen molar-refractivity contribution in [1.82, 2.24) is 0 Å². The van der Waals surface area contributed by atoms with Crippen LogP contribution in [0.3, 0.4) is 0 Å². The number of aliphatic hydroxyl groups excluding tert-OH is 1. The van der Waals surface area contributed by atoms with Crippen molar-refractivity contribution < 1.29 is 34.0 Å². The summed E-state index contributed by atoms with van der Waals surface area (Å²) in [6.07, 6.45) is 5.64. The quantitative estimate of drug-likeness (QED) is 0.548. The lowest BCUT2D eigenvalue weighted by molar-refractivity contribution is -0.153. The average Bonchev–Trinajstić information content (AvgIpc) is 2.95. The van der Waals surface area contributed by atoms with Crippen molar-refractivity contribution >= 4 is 12.0 Å². The largest absolute Gasteiger partial charge is 0.507 e. The summed E-state index contributed by atoms with van der Waals surface area (Å²) < 4.78 is 22.5. The molecule has 2 aliphatic heterocycles. The van der Waals surface area contributed by atoms with Gasteiger partial charge in [-0.05, 0) is 38.8 Å². The highest BCUT2D eigenvalue weighted by Gasteiger charge is 2.43. The Morgan fingerprint density at radius 2 is 1.93 bits per heavy atom. The minimum atomic E-state index is -0.808. The molecule has 158 valence electrons. The van der Waals surface area contributed by atoms with Gasteiger partial charge in [0.15, 0.2) is 5.79 Å². The van der Waals surface area contributed by atoms with E-state index in [4.69, 9.17) is 18.9 Å². The van der Waals surface area contributed by atoms with Gasteiger partial charge in [-0.25, -0.2) is 4.79 Å². The highest BCUT2D eigenvalue weighted by atomic mass is 16.8. The second-order valence-corrected chi connectivity index (χ2v) is 7.76. The lowest BCUT2D eigenvalue weighted by Crippen LogP contribution is -2.34. The van der Waals surface area contributed by atoms with Crippen molar-refractivity contribution in [3.05, 3.63) is 41.5 Å². The van der Waals surface area contributed by atoms with Crippen molar-refractivity contribution in [2.45, 2.75) is 63.8 Å². The van der Waals surface area contributed by atoms with E-state index in [1.807, 2.05) is 12.2 Å². The first kappa shape index (κ1) is 21.4. The number of phenolic OH excluding ortho intramolecular Hbond substituents is 1. The number of aromatic hydroxyl groups is 1. The number of hydrogen-bond acceptors (Lipinski definition) is 7. The van der Waals surface area contributed by atoms with E-state index in [9.17, 15) is 15.0 Å². The predicted octanol–water partition coefficient (Wildman–Crippen LogP) is 3.19. The molecule has 7 heteroatoms. The van der Waals surface area contributed by atoms with Crippen molar-refractivity contribution in [3.63, 3.8) is 0 Å². The van der Waals surface area contributed by atoms with Crippen LogP contribution in [0.1, 0.15) is 49.5 Å². The number of aliphatic hydroxyl groups is 1. The van der Waals surface area contributed by atoms with E-state index in [2.05, 4.69) is 0 Å². The van der Waals surface area contributed by atoms with Crippen molar-refractivity contribution in [2.75, 3.05) is 7.11 Å². The molecule has 1 fully saturated rings. The van der Waals surface area contributed by atoms with Gasteiger partial charge in [-0.1, -0.05) is 24.3 Å². The molecule has 3 rings (SSSR count). The molecule has 1 aromatic carbocycles. The van der Waals surface area contributed by atoms with E-state index >= 15 is 0 Å². The summed E-state index contributed by atoms with van der Waals surface area (Å²) in [6, 6.07) is 3.00. The molecular formula is C22H28O7. The molecule has 0 aliphatic carbocycles. The maximum atomic E-state index is 12.7. The Morgan fingerprint density at radius 3 is 2.66 bits per heavy atom. The topological polar surface area (TPSA) is 94.5 Å². The summed E-state index contributed by atoms with van der Waals surface area (Å²) in [7, 11) is 1.48. The molecule has 1 saturated heterocycles. The number of fused-ring (bicyclic) bond motifs is 2. The van der Waals surface area contributed by atoms with Crippen molar-refractivity contribution in [1.29, 1.82) is 0 Å². The molecule has 2 heterocycles. The van der Waals surface area contributed by atoms with Crippen LogP contribution in [-0.2, 0) is 14.2 Å². The number of methoxy groups -OCH3 is 1. The van der Waals surface area contributed by atoms with Gasteiger partial charge in [0.25, 0.3) is 0 Å². The van der Waals surface area contributed by atoms with Crippen molar-refractivity contribution in [3.8, 4) is 11.5 Å². The Morgan fingerprint density at radius 1 is 1.17 bits per heavy atom. The van der Waals surface area contributed by atoms with Crippen LogP contribution in [0.2, 0.25) is 0 Å². The molecule has 0 amide bonds. The van der Waals surface area contributed by atoms with Gasteiger partial charge < -0.3 is 29.2 Å². The molecule has 7 nitrogen and oxygen atoms in total. The average molecular weight is 404 g/mol. The third kappa shape index (κ3) is 4.98. The van der Waals surface area contributed by atoms with E-state index in [1.54, 1.807) is 39.0 Å². The first-order chi connectivity index (χ1) is 13.7. The Bertz CT molecular complexity index is 812. The number of phenols is 1. The maximum absolute atomic E-state index is 12.7. The summed E-state index contributed by atoms with van der Waals surface area (Å²) in [6.45, 7) is 5.38. The van der Waals surface area contributed by atoms with Crippen LogP contribution in [0.5, 0.6) is 11.5 Å². The van der Waals surface area contributed by atoms with E-state index < -0.39 is 36.2 Å². The number of esters is 1. The van der Waals surface area contributed by atoms with Gasteiger partial charge in [0.05, 0.1) is 13.2 Å². The van der Waals surface area contributed by atoms with Gasteiger partial charge in [-0.15, -0.1) is 0 Å². The molecule has 4 atom stereocenters. The standard InChI is InChI=1S/C22H28O7/c1-13-7-5-10-18-20(29-22(2,3)28-18)16(23)9-6-8-14-11-15(26-4)12-17(24)19(14)21(25)27-13/h5-6,8,10-13,16,18,20,23-24H,7,9H2,1-4H3/b8-6+,10-5+/t13-,16+,18+,20+/m0/s1. The van der Waals surface area contributed by atoms with Crippen LogP contribution in [0, 0.1) is 0 Å².